The standard InChI is InChI=1S/C39H48IN7O9S2/c1-26(42-38(48)56-39(2,3)4)22-41-57(49,50)34-21-20-33(40)35(37-43-45-47(44-37)25-29-12-18-32(55-7)19-13-29)36(34)58(51,52)46(23-27-8-14-30(53-5)15-9-27)24-28-10-16-31(54-6)17-11-28/h8-21,26,41,45H,22-25H2,1-7H3,(H,42,48)(H,43,44)/t26-/m1/s1. The van der Waals surface area contributed by atoms with E-state index in [4.69, 9.17) is 18.9 Å². The van der Waals surface area contributed by atoms with Gasteiger partial charge < -0.3 is 24.3 Å². The molecule has 1 atom stereocenters. The van der Waals surface area contributed by atoms with Crippen molar-refractivity contribution in [3.8, 4) is 17.2 Å². The molecule has 4 N–H and O–H groups in total. The average Bonchev–Trinajstić information content (AvgIpc) is 3.64. The molecule has 58 heavy (non-hydrogen) atoms. The minimum absolute atomic E-state index is 0.0302. The predicted octanol–water partition coefficient (Wildman–Crippen LogP) is 5.09. The first-order chi connectivity index (χ1) is 27.4. The molecule has 0 spiro atoms. The predicted molar refractivity (Wildman–Crippen MR) is 227 cm³/mol. The number of amides is 1. The van der Waals surface area contributed by atoms with Gasteiger partial charge in [-0.05, 0) is 116 Å². The van der Waals surface area contributed by atoms with Crippen LogP contribution in [0.25, 0.3) is 0 Å². The minimum Gasteiger partial charge on any atom is -0.497 e. The highest BCUT2D eigenvalue weighted by Crippen LogP contribution is 2.34. The molecule has 1 aliphatic rings. The van der Waals surface area contributed by atoms with Gasteiger partial charge in [-0.15, -0.1) is 10.2 Å². The number of hydrazine groups is 2. The van der Waals surface area contributed by atoms with Crippen molar-refractivity contribution in [3.05, 3.63) is 111 Å². The number of nitrogens with one attached hydrogen (secondary N) is 4. The molecule has 0 saturated carbocycles. The Balaban J connectivity index is 1.59. The summed E-state index contributed by atoms with van der Waals surface area (Å²) >= 11 is 1.97. The van der Waals surface area contributed by atoms with Crippen molar-refractivity contribution in [1.29, 1.82) is 0 Å². The minimum atomic E-state index is -4.72. The highest BCUT2D eigenvalue weighted by Gasteiger charge is 2.38. The lowest BCUT2D eigenvalue weighted by Crippen LogP contribution is -2.44. The normalized spacial score (nSPS) is 13.9. The van der Waals surface area contributed by atoms with E-state index in [2.05, 4.69) is 26.1 Å². The Kier molecular flexibility index (Phi) is 14.5. The summed E-state index contributed by atoms with van der Waals surface area (Å²) in [4.78, 5) is 11.4. The van der Waals surface area contributed by atoms with Gasteiger partial charge in [0, 0.05) is 29.2 Å². The summed E-state index contributed by atoms with van der Waals surface area (Å²) < 4.78 is 84.9. The largest absolute Gasteiger partial charge is 0.497 e. The van der Waals surface area contributed by atoms with Gasteiger partial charge in [0.05, 0.1) is 33.4 Å². The number of alkyl carbamates (subject to hydrolysis) is 1. The lowest BCUT2D eigenvalue weighted by atomic mass is 10.2. The monoisotopic (exact) mass is 949 g/mol. The molecule has 5 rings (SSSR count). The topological polar surface area (TPSA) is 189 Å². The third-order valence-corrected chi connectivity index (χ3v) is 13.0. The molecule has 1 heterocycles. The number of carbonyl (C=O) groups excluding carboxylic acids is 1. The molecule has 0 bridgehead atoms. The van der Waals surface area contributed by atoms with E-state index < -0.39 is 47.6 Å². The van der Waals surface area contributed by atoms with Crippen LogP contribution in [0.15, 0.2) is 99.8 Å². The van der Waals surface area contributed by atoms with Crippen LogP contribution in [0.2, 0.25) is 0 Å². The third-order valence-electron chi connectivity index (χ3n) is 8.60. The van der Waals surface area contributed by atoms with Gasteiger partial charge in [-0.2, -0.15) is 4.31 Å². The highest BCUT2D eigenvalue weighted by molar-refractivity contribution is 14.1. The average molecular weight is 950 g/mol. The first-order valence-corrected chi connectivity index (χ1v) is 22.0. The summed E-state index contributed by atoms with van der Waals surface area (Å²) in [6.07, 6.45) is -0.733. The number of halogens is 1. The van der Waals surface area contributed by atoms with Crippen molar-refractivity contribution in [2.24, 2.45) is 5.10 Å². The fourth-order valence-corrected chi connectivity index (χ4v) is 10.1. The van der Waals surface area contributed by atoms with E-state index >= 15 is 8.42 Å². The lowest BCUT2D eigenvalue weighted by Gasteiger charge is -2.26. The van der Waals surface area contributed by atoms with E-state index in [1.807, 2.05) is 46.9 Å². The Morgan fingerprint density at radius 2 is 1.31 bits per heavy atom. The second kappa shape index (κ2) is 18.9. The van der Waals surface area contributed by atoms with Crippen LogP contribution in [0, 0.1) is 3.57 Å². The Bertz CT molecular complexity index is 2260. The number of hydrogen-bond acceptors (Lipinski definition) is 13. The summed E-state index contributed by atoms with van der Waals surface area (Å²) in [6.45, 7) is 6.47. The number of carbonyl (C=O) groups is 1. The number of nitrogens with zero attached hydrogens (tertiary/aromatic N) is 3. The molecule has 4 aromatic rings. The smallest absolute Gasteiger partial charge is 0.407 e. The van der Waals surface area contributed by atoms with E-state index in [0.29, 0.717) is 38.5 Å². The van der Waals surface area contributed by atoms with E-state index in [9.17, 15) is 13.2 Å². The summed E-state index contributed by atoms with van der Waals surface area (Å²) in [5.41, 5.74) is 7.37. The molecular weight excluding hydrogens is 902 g/mol. The van der Waals surface area contributed by atoms with Gasteiger partial charge >= 0.3 is 6.09 Å². The summed E-state index contributed by atoms with van der Waals surface area (Å²) in [5.74, 6) is 1.92. The van der Waals surface area contributed by atoms with Crippen molar-refractivity contribution >= 4 is 54.6 Å². The van der Waals surface area contributed by atoms with Crippen LogP contribution < -0.4 is 35.2 Å². The van der Waals surface area contributed by atoms with Crippen molar-refractivity contribution in [2.45, 2.75) is 68.8 Å². The molecule has 0 unspecified atom stereocenters. The maximum Gasteiger partial charge on any atom is 0.407 e. The Morgan fingerprint density at radius 3 is 1.79 bits per heavy atom. The molecule has 16 nitrogen and oxygen atoms in total. The number of sulfonamides is 2. The fourth-order valence-electron chi connectivity index (χ4n) is 5.71. The van der Waals surface area contributed by atoms with Crippen LogP contribution in [0.3, 0.4) is 0 Å². The Hall–Kier alpha value is -4.67. The second-order valence-corrected chi connectivity index (χ2v) is 19.0. The van der Waals surface area contributed by atoms with E-state index in [1.54, 1.807) is 88.5 Å². The number of amidine groups is 1. The molecule has 19 heteroatoms. The van der Waals surface area contributed by atoms with Crippen molar-refractivity contribution in [3.63, 3.8) is 0 Å². The first kappa shape index (κ1) is 44.4. The van der Waals surface area contributed by atoms with Crippen molar-refractivity contribution in [2.75, 3.05) is 27.9 Å². The summed E-state index contributed by atoms with van der Waals surface area (Å²) in [6, 6.07) is 23.2. The van der Waals surface area contributed by atoms with Crippen molar-refractivity contribution < 1.29 is 40.6 Å². The lowest BCUT2D eigenvalue weighted by molar-refractivity contribution is 0.0509. The van der Waals surface area contributed by atoms with Gasteiger partial charge in [0.1, 0.15) is 32.6 Å². The number of ether oxygens (including phenoxy) is 4. The maximum atomic E-state index is 15.4. The fraction of sp³-hybridized carbons (Fsp3) is 0.333. The SMILES string of the molecule is COc1ccc(CN2NN=C(c3c(I)ccc(S(=O)(=O)NC[C@@H](C)NC(=O)OC(C)(C)C)c3S(=O)(=O)N(Cc3ccc(OC)cc3)Cc3ccc(OC)cc3)N2)cc1. The molecular formula is C39H48IN7O9S2. The van der Waals surface area contributed by atoms with Gasteiger partial charge in [0.2, 0.25) is 20.0 Å². The first-order valence-electron chi connectivity index (χ1n) is 18.0. The Labute approximate surface area is 353 Å². The van der Waals surface area contributed by atoms with Crippen LogP contribution in [-0.2, 0) is 44.4 Å². The molecule has 312 valence electrons. The highest BCUT2D eigenvalue weighted by atomic mass is 127. The number of rotatable bonds is 17. The van der Waals surface area contributed by atoms with E-state index in [-0.39, 0.29) is 31.0 Å². The molecule has 0 aromatic heterocycles. The zero-order valence-electron chi connectivity index (χ0n) is 33.2. The van der Waals surface area contributed by atoms with Crippen LogP contribution in [-0.4, -0.2) is 77.7 Å². The summed E-state index contributed by atoms with van der Waals surface area (Å²) in [7, 11) is -4.67. The van der Waals surface area contributed by atoms with Gasteiger partial charge in [0.25, 0.3) is 0 Å². The quantitative estimate of drug-likeness (QED) is 0.103. The molecule has 0 aliphatic carbocycles. The van der Waals surface area contributed by atoms with Gasteiger partial charge in [-0.25, -0.2) is 31.9 Å². The van der Waals surface area contributed by atoms with Crippen LogP contribution in [0.4, 0.5) is 4.79 Å². The molecule has 1 amide bonds. The third kappa shape index (κ3) is 11.5. The number of hydrogen-bond donors (Lipinski definition) is 4. The second-order valence-electron chi connectivity index (χ2n) is 14.2. The van der Waals surface area contributed by atoms with E-state index in [1.165, 1.54) is 30.7 Å². The van der Waals surface area contributed by atoms with Crippen LogP contribution in [0.5, 0.6) is 17.2 Å². The Morgan fingerprint density at radius 1 is 0.810 bits per heavy atom. The zero-order valence-corrected chi connectivity index (χ0v) is 37.0. The molecule has 0 radical (unpaired) electrons. The number of methoxy groups -OCH3 is 3. The maximum absolute atomic E-state index is 15.4. The number of hydrazone groups is 1. The van der Waals surface area contributed by atoms with Crippen LogP contribution in [0.1, 0.15) is 49.9 Å². The van der Waals surface area contributed by atoms with Gasteiger partial charge in [-0.1, -0.05) is 36.4 Å². The van der Waals surface area contributed by atoms with E-state index in [0.717, 1.165) is 5.56 Å². The van der Waals surface area contributed by atoms with Gasteiger partial charge in [-0.3, -0.25) is 5.43 Å². The molecule has 4 aromatic carbocycles. The van der Waals surface area contributed by atoms with Crippen LogP contribution >= 0.6 is 22.6 Å². The zero-order chi connectivity index (χ0) is 42.3. The molecule has 0 saturated heterocycles. The molecule has 0 fully saturated rings. The number of benzene rings is 4. The van der Waals surface area contributed by atoms with Gasteiger partial charge in [0.15, 0.2) is 5.84 Å². The summed E-state index contributed by atoms with van der Waals surface area (Å²) in [5, 5.41) is 8.59. The van der Waals surface area contributed by atoms with Crippen molar-refractivity contribution in [1.82, 2.24) is 30.4 Å². The molecule has 1 aliphatic heterocycles.